The maximum Gasteiger partial charge on any atom is 0.238 e. The zero-order chi connectivity index (χ0) is 29.2. The maximum absolute atomic E-state index is 12.1. The molecule has 0 amide bonds. The van der Waals surface area contributed by atoms with E-state index >= 15 is 0 Å². The van der Waals surface area contributed by atoms with E-state index in [4.69, 9.17) is 16.1 Å². The molecule has 0 saturated carbocycles. The lowest BCUT2D eigenvalue weighted by atomic mass is 10.2. The van der Waals surface area contributed by atoms with Crippen molar-refractivity contribution >= 4 is 44.1 Å². The van der Waals surface area contributed by atoms with Crippen molar-refractivity contribution < 1.29 is 19.4 Å². The van der Waals surface area contributed by atoms with Crippen molar-refractivity contribution in [3.63, 3.8) is 0 Å². The summed E-state index contributed by atoms with van der Waals surface area (Å²) in [5.74, 6) is -0.390. The van der Waals surface area contributed by atoms with Crippen LogP contribution < -0.4 is 15.4 Å². The summed E-state index contributed by atoms with van der Waals surface area (Å²) in [7, 11) is -2.86. The fourth-order valence-corrected chi connectivity index (χ4v) is 3.67. The lowest BCUT2D eigenvalue weighted by molar-refractivity contribution is 0.597. The SMILES string of the molecule is [2H]c1nc(Nc2c([2H])c([2H])c(C)c(S(N)(=O)=O)c2[2H])nc(N(C)c2ccc3c(C)n(C([2H])([2H])[2H])nc3c2)c1[2H]. The molecule has 31 heavy (non-hydrogen) atoms. The number of nitrogens with two attached hydrogens (primary N) is 1. The zero-order valence-electron chi connectivity index (χ0n) is 24.8. The minimum Gasteiger partial charge on any atom is -0.329 e. The number of hydrogen-bond donors (Lipinski definition) is 2. The number of anilines is 4. The zero-order valence-corrected chi connectivity index (χ0v) is 17.6. The van der Waals surface area contributed by atoms with Crippen LogP contribution in [0.4, 0.5) is 23.1 Å². The molecule has 4 rings (SSSR count). The predicted molar refractivity (Wildman–Crippen MR) is 121 cm³/mol. The molecule has 4 aromatic rings. The maximum atomic E-state index is 12.1. The van der Waals surface area contributed by atoms with Crippen molar-refractivity contribution in [2.45, 2.75) is 18.7 Å². The second-order valence-electron chi connectivity index (χ2n) is 6.74. The van der Waals surface area contributed by atoms with Gasteiger partial charge in [0.2, 0.25) is 16.0 Å². The van der Waals surface area contributed by atoms with Crippen LogP contribution in [0.2, 0.25) is 0 Å². The number of nitrogens with zero attached hydrogens (tertiary/aromatic N) is 5. The highest BCUT2D eigenvalue weighted by atomic mass is 32.2. The molecule has 0 aliphatic heterocycles. The molecule has 0 aliphatic carbocycles. The van der Waals surface area contributed by atoms with Crippen LogP contribution in [-0.4, -0.2) is 35.2 Å². The van der Waals surface area contributed by atoms with Crippen molar-refractivity contribution in [1.82, 2.24) is 19.7 Å². The van der Waals surface area contributed by atoms with Crippen molar-refractivity contribution in [2.24, 2.45) is 12.1 Å². The molecule has 160 valence electrons. The van der Waals surface area contributed by atoms with E-state index in [0.717, 1.165) is 4.68 Å². The number of primary sulfonamides is 1. The van der Waals surface area contributed by atoms with E-state index in [-0.39, 0.29) is 23.4 Å². The van der Waals surface area contributed by atoms with Gasteiger partial charge >= 0.3 is 0 Å². The smallest absolute Gasteiger partial charge is 0.238 e. The average molecular weight is 446 g/mol. The number of nitrogens with one attached hydrogen (secondary N) is 1. The molecule has 0 bridgehead atoms. The van der Waals surface area contributed by atoms with Gasteiger partial charge in [0.15, 0.2) is 0 Å². The Morgan fingerprint density at radius 1 is 1.26 bits per heavy atom. The summed E-state index contributed by atoms with van der Waals surface area (Å²) in [6.07, 6.45) is -0.513. The molecule has 0 unspecified atom stereocenters. The van der Waals surface area contributed by atoms with Gasteiger partial charge in [0.1, 0.15) is 5.82 Å². The Labute approximate surface area is 191 Å². The quantitative estimate of drug-likeness (QED) is 0.484. The van der Waals surface area contributed by atoms with Gasteiger partial charge in [0.25, 0.3) is 0 Å². The Balaban J connectivity index is 1.80. The molecule has 2 heterocycles. The first-order valence-corrected chi connectivity index (χ1v) is 10.5. The van der Waals surface area contributed by atoms with Gasteiger partial charge < -0.3 is 10.2 Å². The van der Waals surface area contributed by atoms with Crippen LogP contribution in [0.3, 0.4) is 0 Å². The van der Waals surface area contributed by atoms with Crippen LogP contribution in [0.5, 0.6) is 0 Å². The first-order chi connectivity index (χ1) is 17.9. The second kappa shape index (κ2) is 7.64. The van der Waals surface area contributed by atoms with Crippen molar-refractivity contribution in [3.05, 3.63) is 59.8 Å². The van der Waals surface area contributed by atoms with Gasteiger partial charge in [-0.05, 0) is 55.7 Å². The molecule has 9 nitrogen and oxygen atoms in total. The molecular weight excluding hydrogens is 414 g/mol. The molecule has 0 saturated heterocycles. The summed E-state index contributed by atoms with van der Waals surface area (Å²) < 4.78 is 89.2. The molecule has 0 aliphatic rings. The first-order valence-electron chi connectivity index (χ1n) is 12.9. The molecule has 2 aromatic carbocycles. The van der Waals surface area contributed by atoms with Gasteiger partial charge in [-0.1, -0.05) is 6.04 Å². The van der Waals surface area contributed by atoms with Crippen molar-refractivity contribution in [1.29, 1.82) is 0 Å². The van der Waals surface area contributed by atoms with Crippen molar-refractivity contribution in [2.75, 3.05) is 17.3 Å². The van der Waals surface area contributed by atoms with Gasteiger partial charge in [-0.15, -0.1) is 0 Å². The standard InChI is InChI=1S/C21H23N7O2S/c1-13-5-6-15(11-19(13)31(22,29)30)24-21-23-10-9-20(25-21)27(3)16-7-8-17-14(2)28(4)26-18(17)12-16/h5-12H,1-4H3,(H2,22,29,30)(H,23,24,25)/i4D3,5D,6D,9D,10D,11D. The molecule has 0 radical (unpaired) electrons. The fraction of sp³-hybridized carbons (Fsp3) is 0.190. The van der Waals surface area contributed by atoms with Crippen LogP contribution in [0.15, 0.2) is 53.4 Å². The van der Waals surface area contributed by atoms with E-state index in [2.05, 4.69) is 20.4 Å². The van der Waals surface area contributed by atoms with E-state index in [1.165, 1.54) is 11.8 Å². The Bertz CT molecular complexity index is 1760. The van der Waals surface area contributed by atoms with E-state index in [1.54, 1.807) is 32.2 Å². The predicted octanol–water partition coefficient (Wildman–Crippen LogP) is 3.14. The third-order valence-corrected chi connectivity index (χ3v) is 5.60. The average Bonchev–Trinajstić information content (AvgIpc) is 3.17. The molecule has 3 N–H and O–H groups in total. The fourth-order valence-electron chi connectivity index (χ4n) is 2.95. The number of sulfonamides is 1. The molecule has 2 aromatic heterocycles. The molecule has 0 fully saturated rings. The number of aromatic nitrogens is 4. The number of hydrogen-bond acceptors (Lipinski definition) is 7. The normalized spacial score (nSPS) is 15.7. The van der Waals surface area contributed by atoms with E-state index < -0.39 is 51.9 Å². The Kier molecular flexibility index (Phi) is 3.21. The topological polar surface area (TPSA) is 119 Å². The summed E-state index contributed by atoms with van der Waals surface area (Å²) in [5.41, 5.74) is 0.721. The van der Waals surface area contributed by atoms with Crippen LogP contribution in [0.25, 0.3) is 10.9 Å². The van der Waals surface area contributed by atoms with Gasteiger partial charge in [-0.2, -0.15) is 10.1 Å². The number of aryl methyl sites for hydroxylation is 2. The molecule has 0 spiro atoms. The highest BCUT2D eigenvalue weighted by Crippen LogP contribution is 2.28. The van der Waals surface area contributed by atoms with Crippen LogP contribution >= 0.6 is 0 Å². The number of rotatable bonds is 5. The summed E-state index contributed by atoms with van der Waals surface area (Å²) in [5, 5.41) is 12.6. The van der Waals surface area contributed by atoms with Crippen LogP contribution in [-0.2, 0) is 17.0 Å². The summed E-state index contributed by atoms with van der Waals surface area (Å²) >= 11 is 0. The van der Waals surface area contributed by atoms with Gasteiger partial charge in [-0.25, -0.2) is 18.5 Å². The van der Waals surface area contributed by atoms with Crippen molar-refractivity contribution in [3.8, 4) is 0 Å². The van der Waals surface area contributed by atoms with E-state index in [1.807, 2.05) is 0 Å². The first kappa shape index (κ1) is 13.0. The second-order valence-corrected chi connectivity index (χ2v) is 8.24. The van der Waals surface area contributed by atoms with Gasteiger partial charge in [-0.3, -0.25) is 4.68 Å². The number of benzene rings is 2. The monoisotopic (exact) mass is 445 g/mol. The molecular formula is C21H23N7O2S. The third-order valence-electron chi connectivity index (χ3n) is 4.62. The van der Waals surface area contributed by atoms with Crippen LogP contribution in [0, 0.1) is 13.8 Å². The number of fused-ring (bicyclic) bond motifs is 1. The lowest BCUT2D eigenvalue weighted by Crippen LogP contribution is -2.14. The lowest BCUT2D eigenvalue weighted by Gasteiger charge is -2.19. The van der Waals surface area contributed by atoms with Gasteiger partial charge in [0, 0.05) is 46.8 Å². The molecule has 10 heteroatoms. The third kappa shape index (κ3) is 4.07. The Morgan fingerprint density at radius 3 is 2.81 bits per heavy atom. The van der Waals surface area contributed by atoms with Gasteiger partial charge in [0.05, 0.1) is 17.3 Å². The minimum absolute atomic E-state index is 0.0632. The highest BCUT2D eigenvalue weighted by Gasteiger charge is 2.14. The minimum atomic E-state index is -4.41. The summed E-state index contributed by atoms with van der Waals surface area (Å²) in [6.45, 7) is 0.432. The Hall–Kier alpha value is -3.50. The summed E-state index contributed by atoms with van der Waals surface area (Å²) in [4.78, 5) is 8.92. The Morgan fingerprint density at radius 2 is 2.06 bits per heavy atom. The summed E-state index contributed by atoms with van der Waals surface area (Å²) in [6, 6.07) is 2.92. The molecule has 0 atom stereocenters. The van der Waals surface area contributed by atoms with E-state index in [9.17, 15) is 8.42 Å². The van der Waals surface area contributed by atoms with E-state index in [0.29, 0.717) is 22.3 Å². The largest absolute Gasteiger partial charge is 0.329 e. The van der Waals surface area contributed by atoms with Crippen LogP contribution in [0.1, 0.15) is 22.2 Å². The highest BCUT2D eigenvalue weighted by molar-refractivity contribution is 7.89.